The van der Waals surface area contributed by atoms with Crippen LogP contribution in [0.5, 0.6) is 5.75 Å². The molecule has 2 aromatic rings. The Morgan fingerprint density at radius 1 is 1.35 bits per heavy atom. The Morgan fingerprint density at radius 3 is 2.91 bits per heavy atom. The van der Waals surface area contributed by atoms with Crippen LogP contribution in [0.15, 0.2) is 40.9 Å². The number of aryl methyl sites for hydroxylation is 1. The maximum absolute atomic E-state index is 11.7. The van der Waals surface area contributed by atoms with Crippen molar-refractivity contribution in [3.05, 3.63) is 51.6 Å². The molecule has 23 heavy (non-hydrogen) atoms. The molecule has 1 heterocycles. The van der Waals surface area contributed by atoms with Gasteiger partial charge in [0.05, 0.1) is 11.6 Å². The highest BCUT2D eigenvalue weighted by Gasteiger charge is 2.04. The lowest BCUT2D eigenvalue weighted by Crippen LogP contribution is -2.30. The highest BCUT2D eigenvalue weighted by molar-refractivity contribution is 9.10. The van der Waals surface area contributed by atoms with Crippen molar-refractivity contribution in [1.29, 1.82) is 0 Å². The van der Waals surface area contributed by atoms with Crippen molar-refractivity contribution in [2.45, 2.75) is 13.3 Å². The predicted molar refractivity (Wildman–Crippen MR) is 95.3 cm³/mol. The number of urea groups is 1. The number of halogens is 2. The highest BCUT2D eigenvalue weighted by Crippen LogP contribution is 2.27. The number of ether oxygens (including phenoxy) is 1. The van der Waals surface area contributed by atoms with Crippen molar-refractivity contribution in [3.8, 4) is 5.75 Å². The molecule has 0 aliphatic carbocycles. The Labute approximate surface area is 148 Å². The number of amides is 2. The maximum atomic E-state index is 11.7. The Balaban J connectivity index is 1.66. The molecular weight excluding hydrogens is 382 g/mol. The third-order valence-corrected chi connectivity index (χ3v) is 3.68. The molecular formula is C16H17BrClN3O2. The van der Waals surface area contributed by atoms with E-state index in [9.17, 15) is 4.79 Å². The van der Waals surface area contributed by atoms with Crippen molar-refractivity contribution < 1.29 is 9.53 Å². The van der Waals surface area contributed by atoms with Crippen molar-refractivity contribution in [2.75, 3.05) is 18.5 Å². The molecule has 122 valence electrons. The van der Waals surface area contributed by atoms with E-state index in [-0.39, 0.29) is 6.03 Å². The first-order valence-corrected chi connectivity index (χ1v) is 8.28. The minimum atomic E-state index is -0.287. The maximum Gasteiger partial charge on any atom is 0.320 e. The smallest absolute Gasteiger partial charge is 0.320 e. The number of nitrogens with zero attached hydrogens (tertiary/aromatic N) is 1. The van der Waals surface area contributed by atoms with E-state index >= 15 is 0 Å². The van der Waals surface area contributed by atoms with Gasteiger partial charge in [-0.05, 0) is 43.7 Å². The van der Waals surface area contributed by atoms with Crippen LogP contribution < -0.4 is 15.4 Å². The Bertz CT molecular complexity index is 682. The molecule has 1 aromatic carbocycles. The zero-order valence-corrected chi connectivity index (χ0v) is 14.9. The Hall–Kier alpha value is -1.79. The molecule has 0 saturated heterocycles. The number of anilines is 1. The number of carbonyl (C=O) groups excluding carboxylic acids is 1. The van der Waals surface area contributed by atoms with Crippen LogP contribution in [-0.4, -0.2) is 24.2 Å². The summed E-state index contributed by atoms with van der Waals surface area (Å²) in [6, 6.07) is 10.6. The van der Waals surface area contributed by atoms with E-state index in [1.165, 1.54) is 0 Å². The summed E-state index contributed by atoms with van der Waals surface area (Å²) in [7, 11) is 0. The summed E-state index contributed by atoms with van der Waals surface area (Å²) in [5, 5.41) is 5.98. The second-order valence-electron chi connectivity index (χ2n) is 4.82. The number of hydrogen-bond donors (Lipinski definition) is 2. The van der Waals surface area contributed by atoms with E-state index in [2.05, 4.69) is 31.5 Å². The number of benzene rings is 1. The van der Waals surface area contributed by atoms with Gasteiger partial charge >= 0.3 is 6.03 Å². The molecule has 0 aliphatic heterocycles. The van der Waals surface area contributed by atoms with Crippen molar-refractivity contribution >= 4 is 39.4 Å². The molecule has 1 aromatic heterocycles. The molecule has 0 aliphatic rings. The van der Waals surface area contributed by atoms with Crippen LogP contribution in [-0.2, 0) is 0 Å². The molecule has 0 radical (unpaired) electrons. The predicted octanol–water partition coefficient (Wildman–Crippen LogP) is 4.40. The van der Waals surface area contributed by atoms with Gasteiger partial charge in [0.1, 0.15) is 11.6 Å². The zero-order valence-electron chi connectivity index (χ0n) is 12.6. The van der Waals surface area contributed by atoms with Crippen molar-refractivity contribution in [3.63, 3.8) is 0 Å². The molecule has 2 N–H and O–H groups in total. The van der Waals surface area contributed by atoms with E-state index in [0.717, 1.165) is 10.2 Å². The lowest BCUT2D eigenvalue weighted by Gasteiger charge is -2.09. The number of nitrogens with one attached hydrogen (secondary N) is 2. The number of rotatable bonds is 6. The van der Waals surface area contributed by atoms with Gasteiger partial charge in [-0.15, -0.1) is 0 Å². The summed E-state index contributed by atoms with van der Waals surface area (Å²) in [5.74, 6) is 1.16. The third-order valence-electron chi connectivity index (χ3n) is 2.89. The van der Waals surface area contributed by atoms with Crippen molar-refractivity contribution in [1.82, 2.24) is 10.3 Å². The summed E-state index contributed by atoms with van der Waals surface area (Å²) >= 11 is 9.39. The minimum absolute atomic E-state index is 0.287. The van der Waals surface area contributed by atoms with Gasteiger partial charge in [-0.25, -0.2) is 9.78 Å². The van der Waals surface area contributed by atoms with Crippen LogP contribution in [0, 0.1) is 6.92 Å². The zero-order chi connectivity index (χ0) is 16.7. The molecule has 2 rings (SSSR count). The van der Waals surface area contributed by atoms with Crippen molar-refractivity contribution in [2.24, 2.45) is 0 Å². The summed E-state index contributed by atoms with van der Waals surface area (Å²) in [6.07, 6.45) is 0.668. The second-order valence-corrected chi connectivity index (χ2v) is 6.14. The summed E-state index contributed by atoms with van der Waals surface area (Å²) < 4.78 is 6.47. The number of hydrogen-bond acceptors (Lipinski definition) is 3. The molecule has 5 nitrogen and oxygen atoms in total. The quantitative estimate of drug-likeness (QED) is 0.709. The van der Waals surface area contributed by atoms with Crippen LogP contribution in [0.25, 0.3) is 0 Å². The SMILES string of the molecule is Cc1cccc(NC(=O)NCCCOc2ccc(Br)cc2Cl)n1. The van der Waals surface area contributed by atoms with Gasteiger partial charge in [-0.2, -0.15) is 0 Å². The summed E-state index contributed by atoms with van der Waals surface area (Å²) in [6.45, 7) is 2.82. The first-order valence-electron chi connectivity index (χ1n) is 7.11. The fraction of sp³-hybridized carbons (Fsp3) is 0.250. The molecule has 0 saturated carbocycles. The van der Waals surface area contributed by atoms with Gasteiger partial charge in [-0.3, -0.25) is 5.32 Å². The van der Waals surface area contributed by atoms with E-state index in [0.29, 0.717) is 36.2 Å². The molecule has 2 amide bonds. The molecule has 0 bridgehead atoms. The second kappa shape index (κ2) is 8.74. The van der Waals surface area contributed by atoms with Gasteiger partial charge in [0, 0.05) is 16.7 Å². The molecule has 0 unspecified atom stereocenters. The fourth-order valence-electron chi connectivity index (χ4n) is 1.82. The largest absolute Gasteiger partial charge is 0.492 e. The summed E-state index contributed by atoms with van der Waals surface area (Å²) in [4.78, 5) is 15.9. The molecule has 0 spiro atoms. The van der Waals surface area contributed by atoms with Crippen LogP contribution in [0.4, 0.5) is 10.6 Å². The number of carbonyl (C=O) groups is 1. The Morgan fingerprint density at radius 2 is 2.17 bits per heavy atom. The van der Waals surface area contributed by atoms with Gasteiger partial charge in [0.25, 0.3) is 0 Å². The van der Waals surface area contributed by atoms with Gasteiger partial charge in [-0.1, -0.05) is 33.6 Å². The number of pyridine rings is 1. The van der Waals surface area contributed by atoms with Crippen LogP contribution >= 0.6 is 27.5 Å². The highest BCUT2D eigenvalue weighted by atomic mass is 79.9. The van der Waals surface area contributed by atoms with E-state index in [1.807, 2.05) is 25.1 Å². The molecule has 0 atom stereocenters. The number of aromatic nitrogens is 1. The third kappa shape index (κ3) is 6.08. The van der Waals surface area contributed by atoms with E-state index in [1.54, 1.807) is 18.2 Å². The summed E-state index contributed by atoms with van der Waals surface area (Å²) in [5.41, 5.74) is 0.850. The fourth-order valence-corrected chi connectivity index (χ4v) is 2.55. The van der Waals surface area contributed by atoms with Crippen LogP contribution in [0.1, 0.15) is 12.1 Å². The average Bonchev–Trinajstić information content (AvgIpc) is 2.49. The topological polar surface area (TPSA) is 63.2 Å². The lowest BCUT2D eigenvalue weighted by atomic mass is 10.3. The van der Waals surface area contributed by atoms with E-state index in [4.69, 9.17) is 16.3 Å². The molecule has 0 fully saturated rings. The normalized spacial score (nSPS) is 10.2. The molecule has 7 heteroatoms. The van der Waals surface area contributed by atoms with Crippen LogP contribution in [0.3, 0.4) is 0 Å². The first kappa shape index (κ1) is 17.6. The van der Waals surface area contributed by atoms with Gasteiger partial charge in [0.15, 0.2) is 0 Å². The first-order chi connectivity index (χ1) is 11.0. The standard InChI is InChI=1S/C16H17BrClN3O2/c1-11-4-2-5-15(20-11)21-16(22)19-8-3-9-23-14-7-6-12(17)10-13(14)18/h2,4-7,10H,3,8-9H2,1H3,(H2,19,20,21,22). The van der Waals surface area contributed by atoms with Gasteiger partial charge < -0.3 is 10.1 Å². The average molecular weight is 399 g/mol. The van der Waals surface area contributed by atoms with E-state index < -0.39 is 0 Å². The Kier molecular flexibility index (Phi) is 6.67. The minimum Gasteiger partial charge on any atom is -0.492 e. The van der Waals surface area contributed by atoms with Crippen LogP contribution in [0.2, 0.25) is 5.02 Å². The lowest BCUT2D eigenvalue weighted by molar-refractivity contribution is 0.250. The monoisotopic (exact) mass is 397 g/mol. The van der Waals surface area contributed by atoms with Gasteiger partial charge in [0.2, 0.25) is 0 Å².